The molecule has 3 aromatic carbocycles. The Labute approximate surface area is 218 Å². The summed E-state index contributed by atoms with van der Waals surface area (Å²) in [6.07, 6.45) is 0. The number of thioether (sulfide) groups is 1. The van der Waals surface area contributed by atoms with Crippen LogP contribution >= 0.6 is 35.0 Å². The first-order chi connectivity index (χ1) is 17.0. The van der Waals surface area contributed by atoms with Crippen LogP contribution in [0.5, 0.6) is 11.5 Å². The maximum Gasteiger partial charge on any atom is 0.251 e. The number of nitrogens with one attached hydrogen (secondary N) is 2. The van der Waals surface area contributed by atoms with Gasteiger partial charge in [0, 0.05) is 39.0 Å². The topological polar surface area (TPSA) is 76.2 Å². The first-order valence-electron chi connectivity index (χ1n) is 10.7. The van der Waals surface area contributed by atoms with Gasteiger partial charge in [0.05, 0.1) is 25.6 Å². The molecule has 0 saturated heterocycles. The van der Waals surface area contributed by atoms with E-state index in [4.69, 9.17) is 37.7 Å². The molecule has 0 spiro atoms. The summed E-state index contributed by atoms with van der Waals surface area (Å²) in [6, 6.07) is 20.4. The number of carbonyl (C=O) groups is 1. The van der Waals surface area contributed by atoms with Gasteiger partial charge in [-0.1, -0.05) is 35.0 Å². The third-order valence-electron chi connectivity index (χ3n) is 5.18. The van der Waals surface area contributed by atoms with Crippen molar-refractivity contribution in [3.05, 3.63) is 82.3 Å². The molecular formula is C26H23Cl2N3O3S. The molecule has 2 N–H and O–H groups in total. The Morgan fingerprint density at radius 2 is 1.49 bits per heavy atom. The molecule has 0 bridgehead atoms. The van der Waals surface area contributed by atoms with E-state index in [1.54, 1.807) is 32.4 Å². The third kappa shape index (κ3) is 6.31. The molecule has 0 fully saturated rings. The van der Waals surface area contributed by atoms with E-state index in [1.165, 1.54) is 11.8 Å². The molecular weight excluding hydrogens is 505 g/mol. The number of hydrogen-bond donors (Lipinski definition) is 2. The van der Waals surface area contributed by atoms with Crippen LogP contribution in [0.2, 0.25) is 10.0 Å². The molecule has 1 aromatic heterocycles. The first kappa shape index (κ1) is 25.0. The van der Waals surface area contributed by atoms with Crippen LogP contribution in [0.1, 0.15) is 10.4 Å². The van der Waals surface area contributed by atoms with Gasteiger partial charge in [-0.15, -0.1) is 0 Å². The van der Waals surface area contributed by atoms with E-state index in [9.17, 15) is 4.79 Å². The van der Waals surface area contributed by atoms with Crippen LogP contribution in [-0.2, 0) is 0 Å². The summed E-state index contributed by atoms with van der Waals surface area (Å²) >= 11 is 13.5. The Kier molecular flexibility index (Phi) is 8.23. The first-order valence-corrected chi connectivity index (χ1v) is 12.5. The Bertz CT molecular complexity index is 1220. The van der Waals surface area contributed by atoms with E-state index in [0.717, 1.165) is 39.2 Å². The van der Waals surface area contributed by atoms with Gasteiger partial charge in [0.2, 0.25) is 0 Å². The van der Waals surface area contributed by atoms with E-state index in [1.807, 2.05) is 48.5 Å². The number of ether oxygens (including phenoxy) is 2. The SMILES string of the molecule is COc1ccc(-c2nc(SCCNC(=O)c3cc(Cl)cc(Cl)c3)[nH]c2-c2ccc(OC)cc2)cc1. The van der Waals surface area contributed by atoms with Gasteiger partial charge in [0.25, 0.3) is 5.91 Å². The maximum atomic E-state index is 12.4. The van der Waals surface area contributed by atoms with Gasteiger partial charge in [-0.05, 0) is 66.7 Å². The molecule has 0 saturated carbocycles. The van der Waals surface area contributed by atoms with Gasteiger partial charge >= 0.3 is 0 Å². The Hall–Kier alpha value is -3.13. The number of carbonyl (C=O) groups excluding carboxylic acids is 1. The van der Waals surface area contributed by atoms with Crippen molar-refractivity contribution < 1.29 is 14.3 Å². The van der Waals surface area contributed by atoms with E-state index < -0.39 is 0 Å². The number of nitrogens with zero attached hydrogens (tertiary/aromatic N) is 1. The van der Waals surface area contributed by atoms with Gasteiger partial charge in [-0.25, -0.2) is 4.98 Å². The number of methoxy groups -OCH3 is 2. The lowest BCUT2D eigenvalue weighted by Crippen LogP contribution is -2.25. The summed E-state index contributed by atoms with van der Waals surface area (Å²) in [5.41, 5.74) is 4.11. The van der Waals surface area contributed by atoms with Crippen LogP contribution in [0.3, 0.4) is 0 Å². The quantitative estimate of drug-likeness (QED) is 0.189. The van der Waals surface area contributed by atoms with Gasteiger partial charge in [-0.3, -0.25) is 4.79 Å². The second kappa shape index (κ2) is 11.5. The fourth-order valence-corrected chi connectivity index (χ4v) is 4.70. The smallest absolute Gasteiger partial charge is 0.251 e. The summed E-state index contributed by atoms with van der Waals surface area (Å²) in [4.78, 5) is 20.7. The van der Waals surface area contributed by atoms with E-state index in [2.05, 4.69) is 10.3 Å². The molecule has 0 atom stereocenters. The second-order valence-electron chi connectivity index (χ2n) is 7.49. The number of imidazole rings is 1. The molecule has 4 rings (SSSR count). The minimum Gasteiger partial charge on any atom is -0.497 e. The minimum atomic E-state index is -0.229. The van der Waals surface area contributed by atoms with Crippen molar-refractivity contribution in [2.45, 2.75) is 5.16 Å². The molecule has 4 aromatic rings. The number of aromatic nitrogens is 2. The zero-order valence-corrected chi connectivity index (χ0v) is 21.4. The van der Waals surface area contributed by atoms with Gasteiger partial charge in [-0.2, -0.15) is 0 Å². The molecule has 0 aliphatic carbocycles. The van der Waals surface area contributed by atoms with Crippen molar-refractivity contribution in [1.82, 2.24) is 15.3 Å². The predicted octanol–water partition coefficient (Wildman–Crippen LogP) is 6.59. The monoisotopic (exact) mass is 527 g/mol. The lowest BCUT2D eigenvalue weighted by molar-refractivity contribution is 0.0956. The number of amides is 1. The van der Waals surface area contributed by atoms with Gasteiger partial charge in [0.15, 0.2) is 5.16 Å². The molecule has 35 heavy (non-hydrogen) atoms. The van der Waals surface area contributed by atoms with Crippen LogP contribution in [0, 0.1) is 0 Å². The third-order valence-corrected chi connectivity index (χ3v) is 6.49. The molecule has 0 aliphatic heterocycles. The van der Waals surface area contributed by atoms with Crippen LogP contribution in [0.4, 0.5) is 0 Å². The Balaban J connectivity index is 1.49. The van der Waals surface area contributed by atoms with E-state index >= 15 is 0 Å². The summed E-state index contributed by atoms with van der Waals surface area (Å²) < 4.78 is 10.6. The summed E-state index contributed by atoms with van der Waals surface area (Å²) in [6.45, 7) is 0.448. The molecule has 9 heteroatoms. The van der Waals surface area contributed by atoms with Crippen LogP contribution in [0.15, 0.2) is 71.9 Å². The van der Waals surface area contributed by atoms with Crippen molar-refractivity contribution in [2.75, 3.05) is 26.5 Å². The van der Waals surface area contributed by atoms with Crippen molar-refractivity contribution in [1.29, 1.82) is 0 Å². The molecule has 1 amide bonds. The lowest BCUT2D eigenvalue weighted by atomic mass is 10.0. The van der Waals surface area contributed by atoms with Crippen molar-refractivity contribution in [3.8, 4) is 34.0 Å². The average molecular weight is 528 g/mol. The molecule has 180 valence electrons. The molecule has 1 heterocycles. The summed E-state index contributed by atoms with van der Waals surface area (Å²) in [5, 5.41) is 4.48. The fourth-order valence-electron chi connectivity index (χ4n) is 3.44. The number of rotatable bonds is 9. The summed E-state index contributed by atoms with van der Waals surface area (Å²) in [7, 11) is 3.28. The van der Waals surface area contributed by atoms with Crippen LogP contribution in [0.25, 0.3) is 22.5 Å². The Morgan fingerprint density at radius 3 is 2.06 bits per heavy atom. The average Bonchev–Trinajstić information content (AvgIpc) is 3.30. The van der Waals surface area contributed by atoms with Crippen molar-refractivity contribution in [2.24, 2.45) is 0 Å². The fraction of sp³-hybridized carbons (Fsp3) is 0.154. The standard InChI is InChI=1S/C26H23Cl2N3O3S/c1-33-21-7-3-16(4-8-21)23-24(17-5-9-22(34-2)10-6-17)31-26(30-23)35-12-11-29-25(32)18-13-19(27)15-20(28)14-18/h3-10,13-15H,11-12H2,1-2H3,(H,29,32)(H,30,31). The Morgan fingerprint density at radius 1 is 0.914 bits per heavy atom. The minimum absolute atomic E-state index is 0.229. The highest BCUT2D eigenvalue weighted by Gasteiger charge is 2.15. The molecule has 0 radical (unpaired) electrons. The predicted molar refractivity (Wildman–Crippen MR) is 142 cm³/mol. The summed E-state index contributed by atoms with van der Waals surface area (Å²) in [5.74, 6) is 1.96. The highest BCUT2D eigenvalue weighted by molar-refractivity contribution is 7.99. The molecule has 0 aliphatic rings. The van der Waals surface area contributed by atoms with Crippen LogP contribution in [-0.4, -0.2) is 42.4 Å². The lowest BCUT2D eigenvalue weighted by Gasteiger charge is -2.06. The zero-order valence-electron chi connectivity index (χ0n) is 19.1. The number of aromatic amines is 1. The van der Waals surface area contributed by atoms with Gasteiger partial charge < -0.3 is 19.8 Å². The van der Waals surface area contributed by atoms with Crippen LogP contribution < -0.4 is 14.8 Å². The molecule has 0 unspecified atom stereocenters. The van der Waals surface area contributed by atoms with Crippen molar-refractivity contribution >= 4 is 40.9 Å². The van der Waals surface area contributed by atoms with E-state index in [0.29, 0.717) is 27.9 Å². The molecule has 6 nitrogen and oxygen atoms in total. The normalized spacial score (nSPS) is 10.7. The second-order valence-corrected chi connectivity index (χ2v) is 9.44. The number of H-pyrrole nitrogens is 1. The van der Waals surface area contributed by atoms with Gasteiger partial charge in [0.1, 0.15) is 11.5 Å². The number of benzene rings is 3. The zero-order chi connectivity index (χ0) is 24.8. The number of halogens is 2. The van der Waals surface area contributed by atoms with E-state index in [-0.39, 0.29) is 5.91 Å². The largest absolute Gasteiger partial charge is 0.497 e. The maximum absolute atomic E-state index is 12.4. The highest BCUT2D eigenvalue weighted by atomic mass is 35.5. The van der Waals surface area contributed by atoms with Crippen molar-refractivity contribution in [3.63, 3.8) is 0 Å². The number of hydrogen-bond acceptors (Lipinski definition) is 5. The highest BCUT2D eigenvalue weighted by Crippen LogP contribution is 2.34.